The fourth-order valence-electron chi connectivity index (χ4n) is 1.96. The highest BCUT2D eigenvalue weighted by Gasteiger charge is 2.30. The third-order valence-electron chi connectivity index (χ3n) is 3.46. The zero-order valence-electron chi connectivity index (χ0n) is 10.5. The van der Waals surface area contributed by atoms with E-state index < -0.39 is 0 Å². The molecule has 0 radical (unpaired) electrons. The predicted octanol–water partition coefficient (Wildman–Crippen LogP) is 4.14. The van der Waals surface area contributed by atoms with Crippen molar-refractivity contribution < 1.29 is 5.11 Å². The van der Waals surface area contributed by atoms with Crippen molar-refractivity contribution in [1.29, 1.82) is 0 Å². The fourth-order valence-corrected chi connectivity index (χ4v) is 1.96. The van der Waals surface area contributed by atoms with Crippen LogP contribution in [0.3, 0.4) is 0 Å². The number of hydrogen-bond acceptors (Lipinski definition) is 1. The molecule has 14 heavy (non-hydrogen) atoms. The smallest absolute Gasteiger partial charge is 0.0673 e. The van der Waals surface area contributed by atoms with E-state index in [9.17, 15) is 5.11 Å². The van der Waals surface area contributed by atoms with Crippen LogP contribution in [0.4, 0.5) is 0 Å². The summed E-state index contributed by atoms with van der Waals surface area (Å²) in [5.41, 5.74) is -0.388. The number of unbranched alkanes of at least 4 members (excludes halogenated alkanes) is 2. The van der Waals surface area contributed by atoms with Crippen LogP contribution in [0.5, 0.6) is 0 Å². The molecule has 0 rings (SSSR count). The van der Waals surface area contributed by atoms with E-state index in [1.807, 2.05) is 0 Å². The van der Waals surface area contributed by atoms with E-state index in [1.54, 1.807) is 0 Å². The molecule has 1 N–H and O–H groups in total. The van der Waals surface area contributed by atoms with E-state index >= 15 is 0 Å². The van der Waals surface area contributed by atoms with Crippen molar-refractivity contribution in [3.05, 3.63) is 0 Å². The fraction of sp³-hybridized carbons (Fsp3) is 1.00. The van der Waals surface area contributed by atoms with Crippen molar-refractivity contribution in [3.8, 4) is 0 Å². The zero-order chi connectivity index (χ0) is 11.0. The SMILES string of the molecule is CCCCC(O)(CCCC)[C@H](C)CC. The van der Waals surface area contributed by atoms with Gasteiger partial charge >= 0.3 is 0 Å². The molecule has 0 aromatic rings. The van der Waals surface area contributed by atoms with E-state index in [1.165, 1.54) is 12.8 Å². The summed E-state index contributed by atoms with van der Waals surface area (Å²) < 4.78 is 0. The van der Waals surface area contributed by atoms with Gasteiger partial charge in [0.25, 0.3) is 0 Å². The molecule has 0 aromatic heterocycles. The van der Waals surface area contributed by atoms with Gasteiger partial charge in [-0.2, -0.15) is 0 Å². The van der Waals surface area contributed by atoms with E-state index in [0.29, 0.717) is 5.92 Å². The summed E-state index contributed by atoms with van der Waals surface area (Å²) >= 11 is 0. The Morgan fingerprint density at radius 3 is 1.71 bits per heavy atom. The highest BCUT2D eigenvalue weighted by Crippen LogP contribution is 2.31. The Balaban J connectivity index is 4.16. The van der Waals surface area contributed by atoms with E-state index in [2.05, 4.69) is 27.7 Å². The first-order valence-corrected chi connectivity index (χ1v) is 6.33. The summed E-state index contributed by atoms with van der Waals surface area (Å²) in [6, 6.07) is 0. The van der Waals surface area contributed by atoms with Crippen molar-refractivity contribution >= 4 is 0 Å². The first-order valence-electron chi connectivity index (χ1n) is 6.33. The summed E-state index contributed by atoms with van der Waals surface area (Å²) in [5, 5.41) is 10.5. The Hall–Kier alpha value is -0.0400. The van der Waals surface area contributed by atoms with Crippen LogP contribution in [0.15, 0.2) is 0 Å². The third kappa shape index (κ3) is 4.45. The molecule has 0 aromatic carbocycles. The molecule has 0 aliphatic heterocycles. The predicted molar refractivity (Wildman–Crippen MR) is 63.5 cm³/mol. The Morgan fingerprint density at radius 2 is 1.43 bits per heavy atom. The average Bonchev–Trinajstić information content (AvgIpc) is 2.22. The first kappa shape index (κ1) is 14.0. The minimum atomic E-state index is -0.388. The lowest BCUT2D eigenvalue weighted by Crippen LogP contribution is -2.36. The molecule has 0 fully saturated rings. The molecule has 0 saturated carbocycles. The summed E-state index contributed by atoms with van der Waals surface area (Å²) in [7, 11) is 0. The molecule has 0 amide bonds. The van der Waals surface area contributed by atoms with Crippen molar-refractivity contribution in [2.24, 2.45) is 5.92 Å². The minimum Gasteiger partial charge on any atom is -0.390 e. The zero-order valence-corrected chi connectivity index (χ0v) is 10.5. The first-order chi connectivity index (χ1) is 6.60. The lowest BCUT2D eigenvalue weighted by molar-refractivity contribution is -0.0319. The van der Waals surface area contributed by atoms with Gasteiger partial charge < -0.3 is 5.11 Å². The molecular formula is C13H28O. The largest absolute Gasteiger partial charge is 0.390 e. The highest BCUT2D eigenvalue weighted by atomic mass is 16.3. The monoisotopic (exact) mass is 200 g/mol. The molecule has 0 aliphatic carbocycles. The van der Waals surface area contributed by atoms with Gasteiger partial charge in [-0.1, -0.05) is 59.8 Å². The van der Waals surface area contributed by atoms with Gasteiger partial charge in [0.2, 0.25) is 0 Å². The quantitative estimate of drug-likeness (QED) is 0.624. The number of rotatable bonds is 8. The van der Waals surface area contributed by atoms with E-state index in [0.717, 1.165) is 32.1 Å². The van der Waals surface area contributed by atoms with Gasteiger partial charge in [-0.05, 0) is 18.8 Å². The molecule has 1 nitrogen and oxygen atoms in total. The van der Waals surface area contributed by atoms with Crippen LogP contribution in [-0.4, -0.2) is 10.7 Å². The van der Waals surface area contributed by atoms with Gasteiger partial charge in [0.05, 0.1) is 5.60 Å². The molecular weight excluding hydrogens is 172 g/mol. The molecule has 0 aliphatic rings. The van der Waals surface area contributed by atoms with Gasteiger partial charge in [-0.15, -0.1) is 0 Å². The van der Waals surface area contributed by atoms with Crippen LogP contribution in [-0.2, 0) is 0 Å². The standard InChI is InChI=1S/C13H28O/c1-5-8-10-13(14,11-9-6-2)12(4)7-3/h12,14H,5-11H2,1-4H3/t12-/m1/s1. The normalized spacial score (nSPS) is 14.4. The van der Waals surface area contributed by atoms with E-state index in [-0.39, 0.29) is 5.60 Å². The van der Waals surface area contributed by atoms with Crippen molar-refractivity contribution in [2.75, 3.05) is 0 Å². The topological polar surface area (TPSA) is 20.2 Å². The van der Waals surface area contributed by atoms with Crippen LogP contribution in [0.1, 0.15) is 72.6 Å². The van der Waals surface area contributed by atoms with Crippen LogP contribution >= 0.6 is 0 Å². The second kappa shape index (κ2) is 7.28. The molecule has 0 bridgehead atoms. The van der Waals surface area contributed by atoms with Crippen molar-refractivity contribution in [3.63, 3.8) is 0 Å². The number of hydrogen-bond donors (Lipinski definition) is 1. The van der Waals surface area contributed by atoms with Crippen LogP contribution < -0.4 is 0 Å². The Morgan fingerprint density at radius 1 is 1.00 bits per heavy atom. The van der Waals surface area contributed by atoms with Crippen molar-refractivity contribution in [1.82, 2.24) is 0 Å². The highest BCUT2D eigenvalue weighted by molar-refractivity contribution is 4.83. The van der Waals surface area contributed by atoms with Gasteiger partial charge in [0.1, 0.15) is 0 Å². The van der Waals surface area contributed by atoms with Gasteiger partial charge in [-0.25, -0.2) is 0 Å². The maximum absolute atomic E-state index is 10.5. The summed E-state index contributed by atoms with van der Waals surface area (Å²) in [6.07, 6.45) is 7.74. The van der Waals surface area contributed by atoms with Crippen molar-refractivity contribution in [2.45, 2.75) is 78.2 Å². The molecule has 1 heteroatoms. The summed E-state index contributed by atoms with van der Waals surface area (Å²) in [4.78, 5) is 0. The molecule has 86 valence electrons. The number of aliphatic hydroxyl groups is 1. The molecule has 0 spiro atoms. The Kier molecular flexibility index (Phi) is 7.26. The summed E-state index contributed by atoms with van der Waals surface area (Å²) in [5.74, 6) is 0.445. The maximum atomic E-state index is 10.5. The van der Waals surface area contributed by atoms with Gasteiger partial charge in [0, 0.05) is 0 Å². The lowest BCUT2D eigenvalue weighted by Gasteiger charge is -2.34. The second-order valence-electron chi connectivity index (χ2n) is 4.62. The lowest BCUT2D eigenvalue weighted by atomic mass is 9.79. The van der Waals surface area contributed by atoms with Crippen LogP contribution in [0.2, 0.25) is 0 Å². The van der Waals surface area contributed by atoms with Gasteiger partial charge in [-0.3, -0.25) is 0 Å². The summed E-state index contributed by atoms with van der Waals surface area (Å²) in [6.45, 7) is 8.74. The van der Waals surface area contributed by atoms with Gasteiger partial charge in [0.15, 0.2) is 0 Å². The minimum absolute atomic E-state index is 0.388. The molecule has 0 heterocycles. The molecule has 1 atom stereocenters. The molecule has 0 unspecified atom stereocenters. The van der Waals surface area contributed by atoms with Crippen LogP contribution in [0, 0.1) is 5.92 Å². The van der Waals surface area contributed by atoms with E-state index in [4.69, 9.17) is 0 Å². The second-order valence-corrected chi connectivity index (χ2v) is 4.62. The average molecular weight is 200 g/mol. The maximum Gasteiger partial charge on any atom is 0.0673 e. The Labute approximate surface area is 89.9 Å². The Bertz CT molecular complexity index is 123. The molecule has 0 saturated heterocycles. The third-order valence-corrected chi connectivity index (χ3v) is 3.46. The van der Waals surface area contributed by atoms with Crippen LogP contribution in [0.25, 0.3) is 0 Å².